The third kappa shape index (κ3) is 3.47. The molecule has 0 aliphatic rings. The van der Waals surface area contributed by atoms with Gasteiger partial charge in [-0.25, -0.2) is 9.38 Å². The van der Waals surface area contributed by atoms with Crippen LogP contribution in [0.2, 0.25) is 5.02 Å². The van der Waals surface area contributed by atoms with Gasteiger partial charge in [0.2, 0.25) is 0 Å². The van der Waals surface area contributed by atoms with E-state index in [9.17, 15) is 14.8 Å². The average Bonchev–Trinajstić information content (AvgIpc) is 2.64. The van der Waals surface area contributed by atoms with Crippen LogP contribution < -0.4 is 0 Å². The fourth-order valence-electron chi connectivity index (χ4n) is 2.20. The summed E-state index contributed by atoms with van der Waals surface area (Å²) in [5.41, 5.74) is 1.42. The van der Waals surface area contributed by atoms with E-state index in [0.29, 0.717) is 16.9 Å². The molecule has 7 heteroatoms. The molecule has 1 N–H and O–H groups in total. The number of benzene rings is 1. The van der Waals surface area contributed by atoms with E-state index < -0.39 is 5.82 Å². The first-order valence-electron chi connectivity index (χ1n) is 7.12. The monoisotopic (exact) mass is 352 g/mol. The molecule has 2 aromatic heterocycles. The summed E-state index contributed by atoms with van der Waals surface area (Å²) in [6.45, 7) is 0. The SMILES string of the molecule is N#C/C(=N\c1ccc(F)c(Cl)c1)c1ccnc(-c2ccncc2)c1O. The molecular formula is C18H10ClFN4O. The van der Waals surface area contributed by atoms with Gasteiger partial charge < -0.3 is 5.11 Å². The zero-order valence-electron chi connectivity index (χ0n) is 12.7. The standard InChI is InChI=1S/C18H10ClFN4O/c19-14-9-12(1-2-15(14)20)24-16(10-21)13-5-8-23-17(18(13)25)11-3-6-22-7-4-11/h1-9,25H/b24-16+. The summed E-state index contributed by atoms with van der Waals surface area (Å²) in [7, 11) is 0. The first-order chi connectivity index (χ1) is 12.1. The molecule has 0 bridgehead atoms. The number of rotatable bonds is 3. The molecule has 0 radical (unpaired) electrons. The van der Waals surface area contributed by atoms with Crippen molar-refractivity contribution in [3.63, 3.8) is 0 Å². The molecule has 3 aromatic rings. The van der Waals surface area contributed by atoms with Crippen LogP contribution in [0.5, 0.6) is 5.75 Å². The van der Waals surface area contributed by atoms with Crippen molar-refractivity contribution in [2.24, 2.45) is 4.99 Å². The minimum absolute atomic E-state index is 0.0436. The molecule has 0 spiro atoms. The minimum Gasteiger partial charge on any atom is -0.505 e. The van der Waals surface area contributed by atoms with Crippen molar-refractivity contribution in [2.75, 3.05) is 0 Å². The lowest BCUT2D eigenvalue weighted by Crippen LogP contribution is -2.00. The number of pyridine rings is 2. The van der Waals surface area contributed by atoms with E-state index in [-0.39, 0.29) is 22.0 Å². The number of aromatic hydroxyl groups is 1. The largest absolute Gasteiger partial charge is 0.505 e. The van der Waals surface area contributed by atoms with Crippen molar-refractivity contribution < 1.29 is 9.50 Å². The lowest BCUT2D eigenvalue weighted by Gasteiger charge is -2.08. The van der Waals surface area contributed by atoms with Crippen molar-refractivity contribution in [1.29, 1.82) is 5.26 Å². The molecule has 0 saturated carbocycles. The zero-order chi connectivity index (χ0) is 17.8. The maximum Gasteiger partial charge on any atom is 0.152 e. The van der Waals surface area contributed by atoms with Gasteiger partial charge >= 0.3 is 0 Å². The first-order valence-corrected chi connectivity index (χ1v) is 7.50. The number of aliphatic imine (C=N–C) groups is 1. The maximum atomic E-state index is 13.2. The van der Waals surface area contributed by atoms with Gasteiger partial charge in [-0.3, -0.25) is 9.97 Å². The van der Waals surface area contributed by atoms with Crippen LogP contribution in [-0.4, -0.2) is 20.8 Å². The van der Waals surface area contributed by atoms with E-state index in [1.807, 2.05) is 6.07 Å². The minimum atomic E-state index is -0.578. The Balaban J connectivity index is 2.09. The summed E-state index contributed by atoms with van der Waals surface area (Å²) in [6, 6.07) is 10.6. The maximum absolute atomic E-state index is 13.2. The Labute approximate surface area is 147 Å². The second-order valence-electron chi connectivity index (χ2n) is 4.96. The molecule has 5 nitrogen and oxygen atoms in total. The summed E-state index contributed by atoms with van der Waals surface area (Å²) >= 11 is 5.73. The highest BCUT2D eigenvalue weighted by Crippen LogP contribution is 2.31. The van der Waals surface area contributed by atoms with Crippen LogP contribution in [0, 0.1) is 17.1 Å². The highest BCUT2D eigenvalue weighted by atomic mass is 35.5. The number of hydrogen-bond acceptors (Lipinski definition) is 5. The fourth-order valence-corrected chi connectivity index (χ4v) is 2.37. The van der Waals surface area contributed by atoms with Gasteiger partial charge in [0.15, 0.2) is 11.5 Å². The topological polar surface area (TPSA) is 82.2 Å². The quantitative estimate of drug-likeness (QED) is 0.713. The summed E-state index contributed by atoms with van der Waals surface area (Å²) in [5.74, 6) is -0.756. The second kappa shape index (κ2) is 7.07. The van der Waals surface area contributed by atoms with Crippen molar-refractivity contribution in [3.8, 4) is 23.1 Å². The Morgan fingerprint density at radius 1 is 1.16 bits per heavy atom. The Morgan fingerprint density at radius 3 is 2.60 bits per heavy atom. The van der Waals surface area contributed by atoms with Crippen LogP contribution in [-0.2, 0) is 0 Å². The van der Waals surface area contributed by atoms with E-state index in [0.717, 1.165) is 6.07 Å². The van der Waals surface area contributed by atoms with Crippen molar-refractivity contribution >= 4 is 23.0 Å². The number of aromatic nitrogens is 2. The molecule has 122 valence electrons. The van der Waals surface area contributed by atoms with Gasteiger partial charge in [-0.15, -0.1) is 0 Å². The fraction of sp³-hybridized carbons (Fsp3) is 0. The van der Waals surface area contributed by atoms with Crippen LogP contribution in [0.3, 0.4) is 0 Å². The lowest BCUT2D eigenvalue weighted by atomic mass is 10.1. The molecule has 0 saturated heterocycles. The Bertz CT molecular complexity index is 1000. The average molecular weight is 353 g/mol. The number of nitrogens with zero attached hydrogens (tertiary/aromatic N) is 4. The molecule has 2 heterocycles. The molecule has 25 heavy (non-hydrogen) atoms. The molecule has 0 amide bonds. The summed E-state index contributed by atoms with van der Waals surface area (Å²) in [4.78, 5) is 12.2. The highest BCUT2D eigenvalue weighted by molar-refractivity contribution is 6.31. The van der Waals surface area contributed by atoms with Crippen LogP contribution in [0.25, 0.3) is 11.3 Å². The molecule has 0 aliphatic carbocycles. The van der Waals surface area contributed by atoms with E-state index in [2.05, 4.69) is 15.0 Å². The third-order valence-electron chi connectivity index (χ3n) is 3.38. The van der Waals surface area contributed by atoms with E-state index in [1.165, 1.54) is 24.4 Å². The third-order valence-corrected chi connectivity index (χ3v) is 3.67. The van der Waals surface area contributed by atoms with Gasteiger partial charge in [0.05, 0.1) is 16.3 Å². The predicted octanol–water partition coefficient (Wildman–Crippen LogP) is 4.29. The number of nitriles is 1. The summed E-state index contributed by atoms with van der Waals surface area (Å²) < 4.78 is 13.2. The molecule has 3 rings (SSSR count). The smallest absolute Gasteiger partial charge is 0.152 e. The molecule has 0 unspecified atom stereocenters. The normalized spacial score (nSPS) is 11.2. The van der Waals surface area contributed by atoms with Gasteiger partial charge in [-0.05, 0) is 36.4 Å². The predicted molar refractivity (Wildman–Crippen MR) is 92.4 cm³/mol. The summed E-state index contributed by atoms with van der Waals surface area (Å²) in [6.07, 6.45) is 4.61. The molecular weight excluding hydrogens is 343 g/mol. The van der Waals surface area contributed by atoms with Crippen LogP contribution in [0.15, 0.2) is 60.0 Å². The van der Waals surface area contributed by atoms with Gasteiger partial charge in [0.1, 0.15) is 17.6 Å². The van der Waals surface area contributed by atoms with Crippen LogP contribution in [0.4, 0.5) is 10.1 Å². The van der Waals surface area contributed by atoms with Crippen molar-refractivity contribution in [3.05, 3.63) is 71.4 Å². The van der Waals surface area contributed by atoms with E-state index in [1.54, 1.807) is 24.5 Å². The number of halogens is 2. The summed E-state index contributed by atoms with van der Waals surface area (Å²) in [5, 5.41) is 19.8. The Morgan fingerprint density at radius 2 is 1.92 bits per heavy atom. The van der Waals surface area contributed by atoms with Crippen LogP contribution in [0.1, 0.15) is 5.56 Å². The van der Waals surface area contributed by atoms with Gasteiger partial charge in [-0.1, -0.05) is 11.6 Å². The van der Waals surface area contributed by atoms with Crippen molar-refractivity contribution in [1.82, 2.24) is 9.97 Å². The van der Waals surface area contributed by atoms with Gasteiger partial charge in [-0.2, -0.15) is 5.26 Å². The van der Waals surface area contributed by atoms with Crippen molar-refractivity contribution in [2.45, 2.75) is 0 Å². The molecule has 0 atom stereocenters. The zero-order valence-corrected chi connectivity index (χ0v) is 13.4. The molecule has 1 aromatic carbocycles. The molecule has 0 fully saturated rings. The first kappa shape index (κ1) is 16.6. The highest BCUT2D eigenvalue weighted by Gasteiger charge is 2.15. The van der Waals surface area contributed by atoms with Crippen LogP contribution >= 0.6 is 11.6 Å². The van der Waals surface area contributed by atoms with E-state index in [4.69, 9.17) is 11.6 Å². The van der Waals surface area contributed by atoms with Gasteiger partial charge in [0, 0.05) is 24.2 Å². The lowest BCUT2D eigenvalue weighted by molar-refractivity contribution is 0.474. The number of hydrogen-bond donors (Lipinski definition) is 1. The Kier molecular flexibility index (Phi) is 4.68. The van der Waals surface area contributed by atoms with Gasteiger partial charge in [0.25, 0.3) is 0 Å². The van der Waals surface area contributed by atoms with E-state index >= 15 is 0 Å². The second-order valence-corrected chi connectivity index (χ2v) is 5.37. The Hall–Kier alpha value is -3.30. The molecule has 0 aliphatic heterocycles.